The first-order chi connectivity index (χ1) is 8.79. The quantitative estimate of drug-likeness (QED) is 0.635. The van der Waals surface area contributed by atoms with Crippen LogP contribution in [-0.2, 0) is 6.42 Å². The summed E-state index contributed by atoms with van der Waals surface area (Å²) < 4.78 is 1.38. The Morgan fingerprint density at radius 2 is 2.00 bits per heavy atom. The fourth-order valence-corrected chi connectivity index (χ4v) is 6.47. The topological polar surface area (TPSA) is 0 Å². The van der Waals surface area contributed by atoms with Gasteiger partial charge in [0.15, 0.2) is 0 Å². The van der Waals surface area contributed by atoms with E-state index in [-0.39, 0.29) is 7.53 Å². The van der Waals surface area contributed by atoms with Crippen LogP contribution in [0.25, 0.3) is 11.4 Å². The maximum atomic E-state index is 3.77. The van der Waals surface area contributed by atoms with Gasteiger partial charge in [-0.1, -0.05) is 62.9 Å². The molecule has 0 radical (unpaired) electrons. The zero-order valence-electron chi connectivity index (χ0n) is 10.5. The lowest BCUT2D eigenvalue weighted by atomic mass is 10.1. The minimum atomic E-state index is -0.274. The summed E-state index contributed by atoms with van der Waals surface area (Å²) in [7, 11) is -0.274. The molecule has 2 heteroatoms. The van der Waals surface area contributed by atoms with Crippen LogP contribution in [0.1, 0.15) is 30.6 Å². The first-order valence-corrected chi connectivity index (χ1v) is 8.58. The second-order valence-electron chi connectivity index (χ2n) is 4.77. The molecule has 0 bridgehead atoms. The van der Waals surface area contributed by atoms with Gasteiger partial charge >= 0.3 is 0 Å². The molecule has 1 aliphatic carbocycles. The van der Waals surface area contributed by atoms with E-state index in [0.29, 0.717) is 0 Å². The molecule has 0 saturated carbocycles. The molecule has 1 aromatic heterocycles. The average Bonchev–Trinajstić information content (AvgIpc) is 2.86. The van der Waals surface area contributed by atoms with Crippen LogP contribution in [0.2, 0.25) is 0 Å². The minimum Gasteiger partial charge on any atom is -0.0744 e. The van der Waals surface area contributed by atoms with Gasteiger partial charge < -0.3 is 0 Å². The van der Waals surface area contributed by atoms with E-state index < -0.39 is 0 Å². The van der Waals surface area contributed by atoms with Crippen molar-refractivity contribution in [2.45, 2.75) is 26.2 Å². The van der Waals surface area contributed by atoms with Crippen LogP contribution in [-0.4, -0.2) is 0 Å². The fourth-order valence-electron chi connectivity index (χ4n) is 2.66. The van der Waals surface area contributed by atoms with E-state index in [4.69, 9.17) is 0 Å². The van der Waals surface area contributed by atoms with Crippen LogP contribution in [0.5, 0.6) is 0 Å². The maximum absolute atomic E-state index is 3.77. The molecule has 18 heavy (non-hydrogen) atoms. The molecular formula is C16H16BrP. The third kappa shape index (κ3) is 2.11. The molecule has 92 valence electrons. The SMILES string of the molecule is CCCC1=Cc2cc(Br)p(-c3ccccc3)c2C1. The van der Waals surface area contributed by atoms with E-state index >= 15 is 0 Å². The van der Waals surface area contributed by atoms with Gasteiger partial charge in [-0.15, -0.1) is 0 Å². The van der Waals surface area contributed by atoms with Gasteiger partial charge in [0.25, 0.3) is 0 Å². The van der Waals surface area contributed by atoms with Crippen molar-refractivity contribution >= 4 is 29.5 Å². The number of allylic oxidation sites excluding steroid dienone is 1. The number of hydrogen-bond acceptors (Lipinski definition) is 0. The summed E-state index contributed by atoms with van der Waals surface area (Å²) in [4.78, 5) is 0. The summed E-state index contributed by atoms with van der Waals surface area (Å²) in [6.07, 6.45) is 6.09. The monoisotopic (exact) mass is 318 g/mol. The van der Waals surface area contributed by atoms with Gasteiger partial charge in [-0.2, -0.15) is 0 Å². The summed E-state index contributed by atoms with van der Waals surface area (Å²) in [5.41, 5.74) is 3.09. The normalized spacial score (nSPS) is 14.6. The van der Waals surface area contributed by atoms with Crippen LogP contribution in [0, 0.1) is 0 Å². The second-order valence-corrected chi connectivity index (χ2v) is 8.45. The standard InChI is InChI=1S/C16H16BrP/c1-2-6-12-9-13-11-16(17)18(15(13)10-12)14-7-4-3-5-8-14/h3-5,7-9,11H,2,6,10H2,1H3. The molecule has 1 heterocycles. The Morgan fingerprint density at radius 1 is 1.22 bits per heavy atom. The van der Waals surface area contributed by atoms with Gasteiger partial charge in [-0.25, -0.2) is 0 Å². The van der Waals surface area contributed by atoms with Crippen LogP contribution in [0.4, 0.5) is 0 Å². The van der Waals surface area contributed by atoms with Gasteiger partial charge in [0.05, 0.1) is 0 Å². The van der Waals surface area contributed by atoms with Gasteiger partial charge in [0.1, 0.15) is 0 Å². The Hall–Kier alpha value is -0.780. The van der Waals surface area contributed by atoms with E-state index in [0.717, 1.165) is 0 Å². The smallest absolute Gasteiger partial charge is 0.0421 e. The fraction of sp³-hybridized carbons (Fsp3) is 0.250. The lowest BCUT2D eigenvalue weighted by molar-refractivity contribution is 0.889. The third-order valence-corrected chi connectivity index (χ3v) is 7.05. The highest BCUT2D eigenvalue weighted by molar-refractivity contribution is 9.11. The number of rotatable bonds is 3. The molecule has 1 atom stereocenters. The second kappa shape index (κ2) is 5.07. The zero-order valence-corrected chi connectivity index (χ0v) is 13.0. The van der Waals surface area contributed by atoms with Crippen molar-refractivity contribution in [3.63, 3.8) is 0 Å². The number of benzene rings is 1. The number of halogens is 1. The van der Waals surface area contributed by atoms with Gasteiger partial charge in [-0.05, 0) is 51.0 Å². The molecule has 2 aromatic rings. The van der Waals surface area contributed by atoms with Crippen LogP contribution >= 0.6 is 23.5 Å². The molecule has 0 spiro atoms. The Balaban J connectivity index is 2.03. The minimum absolute atomic E-state index is 0.274. The molecule has 0 nitrogen and oxygen atoms in total. The van der Waals surface area contributed by atoms with E-state index in [2.05, 4.69) is 65.3 Å². The van der Waals surface area contributed by atoms with E-state index in [1.807, 2.05) is 0 Å². The summed E-state index contributed by atoms with van der Waals surface area (Å²) in [6.45, 7) is 2.26. The Bertz CT molecular complexity index is 593. The predicted molar refractivity (Wildman–Crippen MR) is 84.8 cm³/mol. The Labute approximate surface area is 118 Å². The van der Waals surface area contributed by atoms with Crippen molar-refractivity contribution in [3.8, 4) is 5.30 Å². The van der Waals surface area contributed by atoms with Crippen LogP contribution in [0.15, 0.2) is 46.2 Å². The molecule has 1 aliphatic rings. The van der Waals surface area contributed by atoms with Gasteiger partial charge in [0.2, 0.25) is 0 Å². The predicted octanol–water partition coefficient (Wildman–Crippen LogP) is 6.16. The molecule has 1 aromatic carbocycles. The maximum Gasteiger partial charge on any atom is 0.0421 e. The first kappa shape index (κ1) is 12.3. The van der Waals surface area contributed by atoms with Crippen molar-refractivity contribution < 1.29 is 0 Å². The van der Waals surface area contributed by atoms with Crippen molar-refractivity contribution in [3.05, 3.63) is 57.0 Å². The Morgan fingerprint density at radius 3 is 2.72 bits per heavy atom. The van der Waals surface area contributed by atoms with Crippen LogP contribution in [0.3, 0.4) is 0 Å². The molecule has 0 fully saturated rings. The van der Waals surface area contributed by atoms with Crippen molar-refractivity contribution in [1.82, 2.24) is 0 Å². The largest absolute Gasteiger partial charge is 0.0744 e. The van der Waals surface area contributed by atoms with Crippen molar-refractivity contribution in [1.29, 1.82) is 0 Å². The van der Waals surface area contributed by atoms with Crippen LogP contribution < -0.4 is 0 Å². The lowest BCUT2D eigenvalue weighted by Crippen LogP contribution is -1.82. The summed E-state index contributed by atoms with van der Waals surface area (Å²) >= 11 is 3.77. The molecular weight excluding hydrogens is 303 g/mol. The lowest BCUT2D eigenvalue weighted by Gasteiger charge is -2.06. The summed E-state index contributed by atoms with van der Waals surface area (Å²) in [6, 6.07) is 13.2. The summed E-state index contributed by atoms with van der Waals surface area (Å²) in [5.74, 6) is 0. The zero-order chi connectivity index (χ0) is 12.5. The molecule has 1 unspecified atom stereocenters. The molecule has 0 amide bonds. The highest BCUT2D eigenvalue weighted by Crippen LogP contribution is 2.55. The average molecular weight is 319 g/mol. The molecule has 0 N–H and O–H groups in total. The molecule has 3 rings (SSSR count). The van der Waals surface area contributed by atoms with Crippen molar-refractivity contribution in [2.75, 3.05) is 0 Å². The van der Waals surface area contributed by atoms with E-state index in [1.54, 1.807) is 10.9 Å². The first-order valence-electron chi connectivity index (χ1n) is 6.44. The van der Waals surface area contributed by atoms with Gasteiger partial charge in [0, 0.05) is 4.20 Å². The highest BCUT2D eigenvalue weighted by atomic mass is 79.9. The number of fused-ring (bicyclic) bond motifs is 1. The van der Waals surface area contributed by atoms with E-state index in [1.165, 1.54) is 34.3 Å². The molecule has 0 aliphatic heterocycles. The van der Waals surface area contributed by atoms with Crippen molar-refractivity contribution in [2.24, 2.45) is 0 Å². The highest BCUT2D eigenvalue weighted by Gasteiger charge is 2.20. The molecule has 0 saturated heterocycles. The van der Waals surface area contributed by atoms with E-state index in [9.17, 15) is 0 Å². The Kier molecular flexibility index (Phi) is 3.46. The summed E-state index contributed by atoms with van der Waals surface area (Å²) in [5, 5.41) is 3.11. The van der Waals surface area contributed by atoms with Gasteiger partial charge in [-0.3, -0.25) is 0 Å². The third-order valence-electron chi connectivity index (χ3n) is 3.43. The number of hydrogen-bond donors (Lipinski definition) is 0.